The molecule has 1 aromatic rings. The number of hydrogen-bond donors (Lipinski definition) is 1. The molecule has 0 spiro atoms. The molecular formula is C12H19N3O2S. The first-order chi connectivity index (χ1) is 8.59. The Morgan fingerprint density at radius 2 is 2.33 bits per heavy atom. The van der Waals surface area contributed by atoms with E-state index in [1.165, 1.54) is 4.31 Å². The lowest BCUT2D eigenvalue weighted by Gasteiger charge is -2.25. The Labute approximate surface area is 108 Å². The predicted octanol–water partition coefficient (Wildman–Crippen LogP) is 0.847. The quantitative estimate of drug-likeness (QED) is 0.880. The van der Waals surface area contributed by atoms with Gasteiger partial charge in [-0.15, -0.1) is 0 Å². The molecule has 1 aromatic heterocycles. The first-order valence-electron chi connectivity index (χ1n) is 6.18. The van der Waals surface area contributed by atoms with Crippen molar-refractivity contribution in [3.63, 3.8) is 0 Å². The van der Waals surface area contributed by atoms with Crippen LogP contribution < -0.4 is 9.62 Å². The van der Waals surface area contributed by atoms with E-state index in [9.17, 15) is 8.42 Å². The number of sulfonamides is 1. The molecule has 0 aliphatic carbocycles. The maximum absolute atomic E-state index is 12.3. The van der Waals surface area contributed by atoms with E-state index in [4.69, 9.17) is 0 Å². The smallest absolute Gasteiger partial charge is 0.236 e. The average molecular weight is 269 g/mol. The molecule has 100 valence electrons. The first-order valence-corrected chi connectivity index (χ1v) is 7.79. The van der Waals surface area contributed by atoms with Crippen LogP contribution in [0.3, 0.4) is 0 Å². The number of nitrogens with zero attached hydrogens (tertiary/aromatic N) is 2. The molecule has 6 heteroatoms. The van der Waals surface area contributed by atoms with Crippen LogP contribution in [0.5, 0.6) is 0 Å². The van der Waals surface area contributed by atoms with Crippen LogP contribution in [0.1, 0.15) is 12.8 Å². The maximum atomic E-state index is 12.3. The van der Waals surface area contributed by atoms with Crippen LogP contribution in [0.2, 0.25) is 0 Å². The second-order valence-electron chi connectivity index (χ2n) is 4.65. The summed E-state index contributed by atoms with van der Waals surface area (Å²) in [5, 5.41) is 3.24. The fraction of sp³-hybridized carbons (Fsp3) is 0.583. The summed E-state index contributed by atoms with van der Waals surface area (Å²) in [4.78, 5) is 4.07. The standard InChI is InChI=1S/C12H19N3O2S/c1-15(12-6-2-3-8-14-12)18(16,17)10-11-5-4-7-13-9-11/h2-3,6,8,11,13H,4-5,7,9-10H2,1H3. The molecule has 18 heavy (non-hydrogen) atoms. The van der Waals surface area contributed by atoms with E-state index >= 15 is 0 Å². The Morgan fingerprint density at radius 3 is 2.94 bits per heavy atom. The predicted molar refractivity (Wildman–Crippen MR) is 72.0 cm³/mol. The van der Waals surface area contributed by atoms with E-state index < -0.39 is 10.0 Å². The highest BCUT2D eigenvalue weighted by Gasteiger charge is 2.25. The van der Waals surface area contributed by atoms with Crippen molar-refractivity contribution >= 4 is 15.8 Å². The molecule has 0 bridgehead atoms. The fourth-order valence-electron chi connectivity index (χ4n) is 2.16. The van der Waals surface area contributed by atoms with Crippen LogP contribution in [0.15, 0.2) is 24.4 Å². The van der Waals surface area contributed by atoms with E-state index in [1.807, 2.05) is 0 Å². The summed E-state index contributed by atoms with van der Waals surface area (Å²) in [5.41, 5.74) is 0. The zero-order valence-electron chi connectivity index (χ0n) is 10.5. The zero-order valence-corrected chi connectivity index (χ0v) is 11.4. The zero-order chi connectivity index (χ0) is 13.0. The molecule has 0 radical (unpaired) electrons. The molecule has 1 aliphatic rings. The van der Waals surface area contributed by atoms with Gasteiger partial charge in [-0.1, -0.05) is 6.07 Å². The Kier molecular flexibility index (Phi) is 4.19. The van der Waals surface area contributed by atoms with Crippen molar-refractivity contribution in [1.82, 2.24) is 10.3 Å². The van der Waals surface area contributed by atoms with Gasteiger partial charge in [0.15, 0.2) is 0 Å². The van der Waals surface area contributed by atoms with Crippen LogP contribution >= 0.6 is 0 Å². The molecule has 2 heterocycles. The second-order valence-corrected chi connectivity index (χ2v) is 6.69. The van der Waals surface area contributed by atoms with Crippen molar-refractivity contribution < 1.29 is 8.42 Å². The number of piperidine rings is 1. The van der Waals surface area contributed by atoms with Crippen LogP contribution in [0, 0.1) is 5.92 Å². The number of aromatic nitrogens is 1. The molecule has 1 N–H and O–H groups in total. The summed E-state index contributed by atoms with van der Waals surface area (Å²) < 4.78 is 25.8. The van der Waals surface area contributed by atoms with Crippen molar-refractivity contribution in [2.45, 2.75) is 12.8 Å². The Bertz CT molecular complexity index is 469. The SMILES string of the molecule is CN(c1ccccn1)S(=O)(=O)CC1CCCNC1. The van der Waals surface area contributed by atoms with E-state index in [0.29, 0.717) is 5.82 Å². The number of rotatable bonds is 4. The molecule has 1 saturated heterocycles. The third kappa shape index (κ3) is 3.20. The maximum Gasteiger partial charge on any atom is 0.236 e. The highest BCUT2D eigenvalue weighted by Crippen LogP contribution is 2.18. The molecule has 1 atom stereocenters. The lowest BCUT2D eigenvalue weighted by atomic mass is 10.0. The van der Waals surface area contributed by atoms with E-state index in [1.54, 1.807) is 31.4 Å². The lowest BCUT2D eigenvalue weighted by molar-refractivity contribution is 0.404. The van der Waals surface area contributed by atoms with Crippen LogP contribution in [-0.2, 0) is 10.0 Å². The lowest BCUT2D eigenvalue weighted by Crippen LogP contribution is -2.38. The number of pyridine rings is 1. The first kappa shape index (κ1) is 13.3. The molecule has 1 fully saturated rings. The van der Waals surface area contributed by atoms with Gasteiger partial charge in [-0.25, -0.2) is 13.4 Å². The van der Waals surface area contributed by atoms with Gasteiger partial charge < -0.3 is 5.32 Å². The van der Waals surface area contributed by atoms with Gasteiger partial charge in [0, 0.05) is 13.2 Å². The van der Waals surface area contributed by atoms with Gasteiger partial charge in [-0.05, 0) is 44.0 Å². The summed E-state index contributed by atoms with van der Waals surface area (Å²) in [6.45, 7) is 1.78. The van der Waals surface area contributed by atoms with Gasteiger partial charge in [-0.2, -0.15) is 0 Å². The fourth-order valence-corrected chi connectivity index (χ4v) is 3.66. The van der Waals surface area contributed by atoms with Gasteiger partial charge in [-0.3, -0.25) is 4.31 Å². The number of nitrogens with one attached hydrogen (secondary N) is 1. The minimum atomic E-state index is -3.28. The molecule has 0 aromatic carbocycles. The second kappa shape index (κ2) is 5.67. The highest BCUT2D eigenvalue weighted by atomic mass is 32.2. The minimum absolute atomic E-state index is 0.188. The highest BCUT2D eigenvalue weighted by molar-refractivity contribution is 7.92. The minimum Gasteiger partial charge on any atom is -0.316 e. The Balaban J connectivity index is 2.06. The van der Waals surface area contributed by atoms with E-state index in [-0.39, 0.29) is 11.7 Å². The van der Waals surface area contributed by atoms with Gasteiger partial charge in [0.05, 0.1) is 5.75 Å². The van der Waals surface area contributed by atoms with Crippen molar-refractivity contribution in [2.75, 3.05) is 30.2 Å². The topological polar surface area (TPSA) is 62.3 Å². The third-order valence-corrected chi connectivity index (χ3v) is 5.15. The van der Waals surface area contributed by atoms with Gasteiger partial charge in [0.2, 0.25) is 10.0 Å². The van der Waals surface area contributed by atoms with Crippen molar-refractivity contribution in [2.24, 2.45) is 5.92 Å². The normalized spacial score (nSPS) is 20.6. The number of hydrogen-bond acceptors (Lipinski definition) is 4. The van der Waals surface area contributed by atoms with E-state index in [2.05, 4.69) is 10.3 Å². The van der Waals surface area contributed by atoms with Crippen LogP contribution in [-0.4, -0.2) is 39.3 Å². The van der Waals surface area contributed by atoms with Crippen molar-refractivity contribution in [3.8, 4) is 0 Å². The molecule has 1 aliphatic heterocycles. The summed E-state index contributed by atoms with van der Waals surface area (Å²) >= 11 is 0. The van der Waals surface area contributed by atoms with Crippen LogP contribution in [0.4, 0.5) is 5.82 Å². The van der Waals surface area contributed by atoms with E-state index in [0.717, 1.165) is 25.9 Å². The summed E-state index contributed by atoms with van der Waals surface area (Å²) in [6.07, 6.45) is 3.62. The molecule has 1 unspecified atom stereocenters. The summed E-state index contributed by atoms with van der Waals surface area (Å²) in [6, 6.07) is 5.27. The largest absolute Gasteiger partial charge is 0.316 e. The van der Waals surface area contributed by atoms with Crippen LogP contribution in [0.25, 0.3) is 0 Å². The Morgan fingerprint density at radius 1 is 1.50 bits per heavy atom. The summed E-state index contributed by atoms with van der Waals surface area (Å²) in [5.74, 6) is 0.865. The van der Waals surface area contributed by atoms with Crippen molar-refractivity contribution in [1.29, 1.82) is 0 Å². The number of anilines is 1. The molecular weight excluding hydrogens is 250 g/mol. The third-order valence-electron chi connectivity index (χ3n) is 3.23. The van der Waals surface area contributed by atoms with Crippen molar-refractivity contribution in [3.05, 3.63) is 24.4 Å². The van der Waals surface area contributed by atoms with Gasteiger partial charge in [0.1, 0.15) is 5.82 Å². The molecule has 2 rings (SSSR count). The Hall–Kier alpha value is -1.14. The monoisotopic (exact) mass is 269 g/mol. The van der Waals surface area contributed by atoms with Gasteiger partial charge in [0.25, 0.3) is 0 Å². The molecule has 0 amide bonds. The molecule has 5 nitrogen and oxygen atoms in total. The van der Waals surface area contributed by atoms with Gasteiger partial charge >= 0.3 is 0 Å². The molecule has 0 saturated carbocycles. The summed E-state index contributed by atoms with van der Waals surface area (Å²) in [7, 11) is -1.72. The average Bonchev–Trinajstić information content (AvgIpc) is 2.39.